The fourth-order valence-electron chi connectivity index (χ4n) is 5.81. The van der Waals surface area contributed by atoms with Gasteiger partial charge in [-0.3, -0.25) is 24.0 Å². The number of aliphatic hydroxyl groups excluding tert-OH is 1. The molecule has 2 fully saturated rings. The highest BCUT2D eigenvalue weighted by molar-refractivity contribution is 6.42. The Bertz CT molecular complexity index is 1470. The molecule has 9 nitrogen and oxygen atoms in total. The van der Waals surface area contributed by atoms with Crippen molar-refractivity contribution in [3.63, 3.8) is 0 Å². The van der Waals surface area contributed by atoms with Crippen LogP contribution in [0.5, 0.6) is 5.75 Å². The van der Waals surface area contributed by atoms with E-state index in [-0.39, 0.29) is 26.7 Å². The number of hydrogen-bond donors (Lipinski definition) is 4. The molecule has 6 atom stereocenters. The quantitative estimate of drug-likeness (QED) is 0.413. The van der Waals surface area contributed by atoms with Gasteiger partial charge >= 0.3 is 0 Å². The van der Waals surface area contributed by atoms with Crippen LogP contribution in [-0.4, -0.2) is 56.1 Å². The highest BCUT2D eigenvalue weighted by atomic mass is 35.5. The minimum Gasteiger partial charge on any atom is -0.507 e. The molecule has 37 heavy (non-hydrogen) atoms. The van der Waals surface area contributed by atoms with Gasteiger partial charge in [-0.25, -0.2) is 0 Å². The average molecular weight is 544 g/mol. The molecule has 190 valence electrons. The lowest BCUT2D eigenvalue weighted by Gasteiger charge is -2.51. The second-order valence-corrected chi connectivity index (χ2v) is 10.3. The molecule has 0 bridgehead atoms. The van der Waals surface area contributed by atoms with Crippen LogP contribution in [0.4, 0.5) is 0 Å². The Hall–Kier alpha value is -3.37. The molecular formula is C26H19Cl2NO8. The standard InChI is InChI=1S/C26H19Cl2NO8/c27-13-5-4-9(7-14(13)28)6-11-10-2-1-3-15(30)17(10)22(33)20-18(11)21(32)12-8-16(31)19(25(29)36)23(34)26(12,37)24(20)35/h1-7,12,18-21,30,32,37H,8H2,(H2,29,36)/b11-6+. The molecule has 0 radical (unpaired) electrons. The molecule has 6 unspecified atom stereocenters. The van der Waals surface area contributed by atoms with Crippen LogP contribution in [0.25, 0.3) is 11.6 Å². The van der Waals surface area contributed by atoms with E-state index >= 15 is 0 Å². The number of fused-ring (bicyclic) bond motifs is 3. The van der Waals surface area contributed by atoms with E-state index in [0.717, 1.165) is 0 Å². The number of ketones is 4. The lowest BCUT2D eigenvalue weighted by atomic mass is 9.51. The molecule has 2 aromatic carbocycles. The largest absolute Gasteiger partial charge is 0.507 e. The number of carbonyl (C=O) groups is 5. The Kier molecular flexibility index (Phi) is 5.87. The Balaban J connectivity index is 1.75. The first-order chi connectivity index (χ1) is 17.4. The van der Waals surface area contributed by atoms with Gasteiger partial charge in [-0.05, 0) is 34.9 Å². The summed E-state index contributed by atoms with van der Waals surface area (Å²) in [4.78, 5) is 64.9. The molecule has 5 N–H and O–H groups in total. The van der Waals surface area contributed by atoms with Gasteiger partial charge in [0.1, 0.15) is 5.75 Å². The summed E-state index contributed by atoms with van der Waals surface area (Å²) >= 11 is 12.2. The van der Waals surface area contributed by atoms with E-state index in [1.54, 1.807) is 12.1 Å². The van der Waals surface area contributed by atoms with E-state index in [4.69, 9.17) is 28.9 Å². The van der Waals surface area contributed by atoms with Crippen molar-refractivity contribution in [1.29, 1.82) is 0 Å². The Morgan fingerprint density at radius 2 is 1.76 bits per heavy atom. The van der Waals surface area contributed by atoms with E-state index in [1.807, 2.05) is 0 Å². The van der Waals surface area contributed by atoms with Crippen molar-refractivity contribution in [3.05, 3.63) is 63.1 Å². The molecule has 5 rings (SSSR count). The van der Waals surface area contributed by atoms with Crippen LogP contribution < -0.4 is 5.73 Å². The number of benzene rings is 2. The van der Waals surface area contributed by atoms with Gasteiger partial charge in [0.05, 0.1) is 27.6 Å². The summed E-state index contributed by atoms with van der Waals surface area (Å²) in [5.41, 5.74) is 2.90. The van der Waals surface area contributed by atoms with E-state index in [1.165, 1.54) is 30.3 Å². The number of aromatic hydroxyl groups is 1. The number of hydrogen-bond acceptors (Lipinski definition) is 8. The maximum atomic E-state index is 13.8. The first-order valence-corrected chi connectivity index (χ1v) is 12.0. The van der Waals surface area contributed by atoms with Crippen LogP contribution in [0.3, 0.4) is 0 Å². The van der Waals surface area contributed by atoms with Crippen LogP contribution in [0, 0.1) is 23.7 Å². The van der Waals surface area contributed by atoms with Crippen molar-refractivity contribution in [2.45, 2.75) is 18.1 Å². The van der Waals surface area contributed by atoms with Gasteiger partial charge in [0.15, 0.2) is 34.7 Å². The normalized spacial score (nSPS) is 32.1. The molecule has 1 amide bonds. The molecule has 0 aromatic heterocycles. The average Bonchev–Trinajstić information content (AvgIpc) is 2.83. The molecule has 0 spiro atoms. The van der Waals surface area contributed by atoms with E-state index < -0.39 is 76.6 Å². The number of Topliss-reactive ketones (excluding diaryl/α,β-unsaturated/α-hetero) is 4. The topological polar surface area (TPSA) is 172 Å². The first kappa shape index (κ1) is 25.3. The third-order valence-electron chi connectivity index (χ3n) is 7.51. The van der Waals surface area contributed by atoms with Crippen molar-refractivity contribution in [2.24, 2.45) is 29.4 Å². The molecular weight excluding hydrogens is 525 g/mol. The number of rotatable bonds is 2. The number of halogens is 2. The summed E-state index contributed by atoms with van der Waals surface area (Å²) in [6.45, 7) is 0. The van der Waals surface area contributed by atoms with Gasteiger partial charge in [0.2, 0.25) is 5.91 Å². The molecule has 3 aliphatic carbocycles. The van der Waals surface area contributed by atoms with Crippen LogP contribution in [0.2, 0.25) is 10.0 Å². The smallest absolute Gasteiger partial charge is 0.235 e. The highest BCUT2D eigenvalue weighted by Crippen LogP contribution is 2.54. The Labute approximate surface area is 219 Å². The number of amides is 1. The number of nitrogens with two attached hydrogens (primary N) is 1. The maximum Gasteiger partial charge on any atom is 0.235 e. The number of aliphatic hydroxyl groups is 2. The lowest BCUT2D eigenvalue weighted by molar-refractivity contribution is -0.185. The van der Waals surface area contributed by atoms with Gasteiger partial charge in [-0.1, -0.05) is 47.5 Å². The third-order valence-corrected chi connectivity index (χ3v) is 8.25. The summed E-state index contributed by atoms with van der Waals surface area (Å²) in [5, 5.41) is 33.9. The molecule has 3 aliphatic rings. The van der Waals surface area contributed by atoms with Gasteiger partial charge < -0.3 is 21.1 Å². The van der Waals surface area contributed by atoms with Crippen molar-refractivity contribution in [1.82, 2.24) is 0 Å². The van der Waals surface area contributed by atoms with E-state index in [0.29, 0.717) is 5.56 Å². The van der Waals surface area contributed by atoms with Crippen LogP contribution >= 0.6 is 23.2 Å². The second kappa shape index (κ2) is 8.59. The van der Waals surface area contributed by atoms with Crippen LogP contribution in [-0.2, 0) is 19.2 Å². The first-order valence-electron chi connectivity index (χ1n) is 11.2. The zero-order chi connectivity index (χ0) is 27.0. The molecule has 0 aliphatic heterocycles. The predicted molar refractivity (Wildman–Crippen MR) is 131 cm³/mol. The number of primary amides is 1. The predicted octanol–water partition coefficient (Wildman–Crippen LogP) is 1.60. The van der Waals surface area contributed by atoms with Gasteiger partial charge in [0, 0.05) is 18.3 Å². The SMILES string of the molecule is NC(=O)C1C(=O)CC2C(O)C3/C(=C/c4ccc(Cl)c(Cl)c4)c4cccc(O)c4C(=O)C3C(=O)C2(O)C1=O. The molecule has 2 aromatic rings. The minimum atomic E-state index is -3.00. The molecule has 2 saturated carbocycles. The monoisotopic (exact) mass is 543 g/mol. The minimum absolute atomic E-state index is 0.214. The molecule has 0 heterocycles. The van der Waals surface area contributed by atoms with E-state index in [9.17, 15) is 39.3 Å². The molecule has 11 heteroatoms. The van der Waals surface area contributed by atoms with Crippen molar-refractivity contribution < 1.29 is 39.3 Å². The van der Waals surface area contributed by atoms with Crippen LogP contribution in [0.15, 0.2) is 36.4 Å². The number of carbonyl (C=O) groups excluding carboxylic acids is 5. The summed E-state index contributed by atoms with van der Waals surface area (Å²) in [6.07, 6.45) is -0.875. The molecule has 0 saturated heterocycles. The Morgan fingerprint density at radius 3 is 2.41 bits per heavy atom. The zero-order valence-electron chi connectivity index (χ0n) is 18.9. The summed E-state index contributed by atoms with van der Waals surface area (Å²) in [7, 11) is 0. The van der Waals surface area contributed by atoms with Crippen molar-refractivity contribution >= 4 is 63.9 Å². The third kappa shape index (κ3) is 3.49. The van der Waals surface area contributed by atoms with Gasteiger partial charge in [0.25, 0.3) is 0 Å². The lowest BCUT2D eigenvalue weighted by Crippen LogP contribution is -2.72. The van der Waals surface area contributed by atoms with Crippen molar-refractivity contribution in [2.75, 3.05) is 0 Å². The van der Waals surface area contributed by atoms with Crippen LogP contribution in [0.1, 0.15) is 27.9 Å². The second-order valence-electron chi connectivity index (χ2n) is 9.44. The summed E-state index contributed by atoms with van der Waals surface area (Å²) < 4.78 is 0. The number of phenols is 1. The van der Waals surface area contributed by atoms with Gasteiger partial charge in [-0.2, -0.15) is 0 Å². The van der Waals surface area contributed by atoms with E-state index in [2.05, 4.69) is 0 Å². The summed E-state index contributed by atoms with van der Waals surface area (Å²) in [5.74, 6) is -13.2. The number of phenolic OH excluding ortho intramolecular Hbond substituents is 1. The Morgan fingerprint density at radius 1 is 1.05 bits per heavy atom. The fraction of sp³-hybridized carbons (Fsp3) is 0.269. The highest BCUT2D eigenvalue weighted by Gasteiger charge is 2.69. The summed E-state index contributed by atoms with van der Waals surface area (Å²) in [6, 6.07) is 8.88. The fourth-order valence-corrected chi connectivity index (χ4v) is 6.12. The van der Waals surface area contributed by atoms with Crippen molar-refractivity contribution in [3.8, 4) is 5.75 Å². The van der Waals surface area contributed by atoms with Gasteiger partial charge in [-0.15, -0.1) is 0 Å². The maximum absolute atomic E-state index is 13.8. The zero-order valence-corrected chi connectivity index (χ0v) is 20.4.